The van der Waals surface area contributed by atoms with E-state index in [4.69, 9.17) is 0 Å². The lowest BCUT2D eigenvalue weighted by molar-refractivity contribution is -0.0546. The molecule has 1 N–H and O–H groups in total. The number of carbonyl (C=O) groups is 1. The van der Waals surface area contributed by atoms with Crippen LogP contribution in [0, 0.1) is 18.6 Å². The van der Waals surface area contributed by atoms with Crippen LogP contribution in [0.5, 0.6) is 5.75 Å². The van der Waals surface area contributed by atoms with Crippen LogP contribution in [0.15, 0.2) is 30.6 Å². The standard InChI is InChI=1S/C15H12F4N2O2/c1-8-2-3-20-6-10(8)7-21-14(22)9-4-11(16)13(12(17)5-9)23-15(18)19/h2-6,15H,7H2,1H3,(H,21,22). The Hall–Kier alpha value is -2.64. The van der Waals surface area contributed by atoms with Gasteiger partial charge in [-0.05, 0) is 36.2 Å². The lowest BCUT2D eigenvalue weighted by atomic mass is 10.1. The number of amides is 1. The number of nitrogens with zero attached hydrogens (tertiary/aromatic N) is 1. The fraction of sp³-hybridized carbons (Fsp3) is 0.200. The second kappa shape index (κ2) is 7.08. The summed E-state index contributed by atoms with van der Waals surface area (Å²) in [7, 11) is 0. The zero-order valence-corrected chi connectivity index (χ0v) is 11.9. The smallest absolute Gasteiger partial charge is 0.387 e. The van der Waals surface area contributed by atoms with Crippen LogP contribution >= 0.6 is 0 Å². The van der Waals surface area contributed by atoms with E-state index in [1.807, 2.05) is 6.92 Å². The molecule has 0 saturated carbocycles. The number of rotatable bonds is 5. The van der Waals surface area contributed by atoms with Gasteiger partial charge in [-0.2, -0.15) is 8.78 Å². The Morgan fingerprint density at radius 3 is 2.52 bits per heavy atom. The van der Waals surface area contributed by atoms with E-state index >= 15 is 0 Å². The molecule has 4 nitrogen and oxygen atoms in total. The first-order valence-electron chi connectivity index (χ1n) is 6.50. The number of aryl methyl sites for hydroxylation is 1. The Labute approximate surface area is 129 Å². The molecule has 1 heterocycles. The Bertz CT molecular complexity index is 699. The topological polar surface area (TPSA) is 51.2 Å². The minimum absolute atomic E-state index is 0.108. The molecule has 1 aromatic carbocycles. The summed E-state index contributed by atoms with van der Waals surface area (Å²) in [6.45, 7) is -1.44. The third-order valence-electron chi connectivity index (χ3n) is 3.05. The Kier molecular flexibility index (Phi) is 5.15. The van der Waals surface area contributed by atoms with Crippen LogP contribution in [-0.2, 0) is 6.54 Å². The van der Waals surface area contributed by atoms with E-state index in [-0.39, 0.29) is 12.1 Å². The van der Waals surface area contributed by atoms with Gasteiger partial charge in [0.1, 0.15) is 0 Å². The van der Waals surface area contributed by atoms with Gasteiger partial charge in [-0.15, -0.1) is 0 Å². The van der Waals surface area contributed by atoms with Gasteiger partial charge < -0.3 is 10.1 Å². The molecule has 2 rings (SSSR count). The van der Waals surface area contributed by atoms with Crippen molar-refractivity contribution < 1.29 is 27.1 Å². The molecule has 23 heavy (non-hydrogen) atoms. The number of hydrogen-bond donors (Lipinski definition) is 1. The molecule has 0 saturated heterocycles. The van der Waals surface area contributed by atoms with Gasteiger partial charge in [0.15, 0.2) is 17.4 Å². The lowest BCUT2D eigenvalue weighted by Crippen LogP contribution is -2.23. The van der Waals surface area contributed by atoms with Gasteiger partial charge in [0.05, 0.1) is 0 Å². The van der Waals surface area contributed by atoms with Gasteiger partial charge in [-0.3, -0.25) is 9.78 Å². The Morgan fingerprint density at radius 2 is 1.96 bits per heavy atom. The summed E-state index contributed by atoms with van der Waals surface area (Å²) in [4.78, 5) is 15.8. The summed E-state index contributed by atoms with van der Waals surface area (Å²) in [5.41, 5.74) is 1.28. The van der Waals surface area contributed by atoms with Crippen molar-refractivity contribution in [2.75, 3.05) is 0 Å². The molecule has 0 aliphatic rings. The number of hydrogen-bond acceptors (Lipinski definition) is 3. The third kappa shape index (κ3) is 4.18. The monoisotopic (exact) mass is 328 g/mol. The van der Waals surface area contributed by atoms with Crippen molar-refractivity contribution in [3.8, 4) is 5.75 Å². The van der Waals surface area contributed by atoms with Crippen LogP contribution in [0.2, 0.25) is 0 Å². The van der Waals surface area contributed by atoms with Crippen LogP contribution in [0.3, 0.4) is 0 Å². The highest BCUT2D eigenvalue weighted by atomic mass is 19.3. The molecule has 0 unspecified atom stereocenters. The maximum absolute atomic E-state index is 13.6. The fourth-order valence-electron chi connectivity index (χ4n) is 1.85. The molecule has 0 bridgehead atoms. The SMILES string of the molecule is Cc1ccncc1CNC(=O)c1cc(F)c(OC(F)F)c(F)c1. The van der Waals surface area contributed by atoms with Gasteiger partial charge in [-0.25, -0.2) is 8.78 Å². The summed E-state index contributed by atoms with van der Waals surface area (Å²) in [6, 6.07) is 3.01. The number of aromatic nitrogens is 1. The van der Waals surface area contributed by atoms with Crippen LogP contribution in [0.4, 0.5) is 17.6 Å². The minimum Gasteiger partial charge on any atom is -0.429 e. The molecule has 1 amide bonds. The van der Waals surface area contributed by atoms with Gasteiger partial charge in [-0.1, -0.05) is 0 Å². The van der Waals surface area contributed by atoms with E-state index in [2.05, 4.69) is 15.0 Å². The lowest BCUT2D eigenvalue weighted by Gasteiger charge is -2.10. The van der Waals surface area contributed by atoms with Gasteiger partial charge in [0.25, 0.3) is 5.91 Å². The summed E-state index contributed by atoms with van der Waals surface area (Å²) >= 11 is 0. The number of benzene rings is 1. The highest BCUT2D eigenvalue weighted by molar-refractivity contribution is 5.94. The van der Waals surface area contributed by atoms with E-state index in [1.165, 1.54) is 0 Å². The van der Waals surface area contributed by atoms with E-state index in [0.717, 1.165) is 11.1 Å². The van der Waals surface area contributed by atoms with E-state index in [0.29, 0.717) is 12.1 Å². The molecule has 122 valence electrons. The molecule has 0 radical (unpaired) electrons. The molecule has 2 aromatic rings. The van der Waals surface area contributed by atoms with Gasteiger partial charge >= 0.3 is 6.61 Å². The summed E-state index contributed by atoms with van der Waals surface area (Å²) in [6.07, 6.45) is 3.14. The molecule has 0 atom stereocenters. The first-order chi connectivity index (χ1) is 10.9. The second-order valence-electron chi connectivity index (χ2n) is 4.63. The van der Waals surface area contributed by atoms with Gasteiger partial charge in [0, 0.05) is 24.5 Å². The maximum atomic E-state index is 13.6. The maximum Gasteiger partial charge on any atom is 0.387 e. The van der Waals surface area contributed by atoms with Crippen molar-refractivity contribution in [3.63, 3.8) is 0 Å². The van der Waals surface area contributed by atoms with Crippen molar-refractivity contribution in [3.05, 3.63) is 58.9 Å². The van der Waals surface area contributed by atoms with Crippen molar-refractivity contribution in [1.82, 2.24) is 10.3 Å². The predicted molar refractivity (Wildman–Crippen MR) is 73.1 cm³/mol. The summed E-state index contributed by atoms with van der Waals surface area (Å²) in [5, 5.41) is 2.47. The average molecular weight is 328 g/mol. The van der Waals surface area contributed by atoms with Crippen molar-refractivity contribution in [2.45, 2.75) is 20.1 Å². The fourth-order valence-corrected chi connectivity index (χ4v) is 1.85. The van der Waals surface area contributed by atoms with Crippen LogP contribution in [0.25, 0.3) is 0 Å². The summed E-state index contributed by atoms with van der Waals surface area (Å²) < 4.78 is 55.0. The molecule has 0 aliphatic carbocycles. The number of pyridine rings is 1. The third-order valence-corrected chi connectivity index (χ3v) is 3.05. The molecule has 1 aromatic heterocycles. The molecular formula is C15H12F4N2O2. The largest absolute Gasteiger partial charge is 0.429 e. The first-order valence-corrected chi connectivity index (χ1v) is 6.50. The van der Waals surface area contributed by atoms with E-state index in [9.17, 15) is 22.4 Å². The predicted octanol–water partition coefficient (Wildman–Crippen LogP) is 3.20. The van der Waals surface area contributed by atoms with Crippen LogP contribution in [0.1, 0.15) is 21.5 Å². The molecule has 0 spiro atoms. The van der Waals surface area contributed by atoms with Crippen LogP contribution in [-0.4, -0.2) is 17.5 Å². The molecule has 8 heteroatoms. The Morgan fingerprint density at radius 1 is 1.30 bits per heavy atom. The quantitative estimate of drug-likeness (QED) is 0.858. The van der Waals surface area contributed by atoms with Crippen molar-refractivity contribution >= 4 is 5.91 Å². The number of nitrogens with one attached hydrogen (secondary N) is 1. The van der Waals surface area contributed by atoms with Crippen LogP contribution < -0.4 is 10.1 Å². The molecule has 0 aliphatic heterocycles. The van der Waals surface area contributed by atoms with Crippen molar-refractivity contribution in [2.24, 2.45) is 0 Å². The first kappa shape index (κ1) is 16.7. The molecule has 0 fully saturated rings. The highest BCUT2D eigenvalue weighted by Crippen LogP contribution is 2.25. The van der Waals surface area contributed by atoms with E-state index < -0.39 is 29.9 Å². The minimum atomic E-state index is -3.37. The molecular weight excluding hydrogens is 316 g/mol. The van der Waals surface area contributed by atoms with E-state index in [1.54, 1.807) is 18.5 Å². The zero-order valence-electron chi connectivity index (χ0n) is 11.9. The number of alkyl halides is 2. The number of carbonyl (C=O) groups excluding carboxylic acids is 1. The average Bonchev–Trinajstić information content (AvgIpc) is 2.49. The van der Waals surface area contributed by atoms with Crippen molar-refractivity contribution in [1.29, 1.82) is 0 Å². The number of ether oxygens (including phenoxy) is 1. The Balaban J connectivity index is 2.12. The highest BCUT2D eigenvalue weighted by Gasteiger charge is 2.19. The summed E-state index contributed by atoms with van der Waals surface area (Å²) in [5.74, 6) is -4.74. The van der Waals surface area contributed by atoms with Gasteiger partial charge in [0.2, 0.25) is 0 Å². The second-order valence-corrected chi connectivity index (χ2v) is 4.63. The number of halogens is 4. The zero-order chi connectivity index (χ0) is 17.0. The normalized spacial score (nSPS) is 10.7.